The first-order valence-corrected chi connectivity index (χ1v) is 8.39. The topological polar surface area (TPSA) is 60.6 Å². The van der Waals surface area contributed by atoms with Crippen molar-refractivity contribution in [1.82, 2.24) is 15.0 Å². The van der Waals surface area contributed by atoms with Crippen molar-refractivity contribution >= 4 is 0 Å². The Labute approximate surface area is 143 Å². The molecular formula is C18H27N3O3. The SMILES string of the molecule is CCc1nc(CN(C)Cc2cccc(OC)c2OC(C)CC)no1. The third-order valence-corrected chi connectivity index (χ3v) is 3.84. The highest BCUT2D eigenvalue weighted by Crippen LogP contribution is 2.33. The lowest BCUT2D eigenvalue weighted by Gasteiger charge is -2.21. The molecule has 1 aromatic carbocycles. The van der Waals surface area contributed by atoms with Crippen LogP contribution in [-0.4, -0.2) is 35.3 Å². The molecule has 0 radical (unpaired) electrons. The van der Waals surface area contributed by atoms with E-state index in [0.29, 0.717) is 24.8 Å². The lowest BCUT2D eigenvalue weighted by molar-refractivity contribution is 0.200. The second kappa shape index (κ2) is 8.68. The van der Waals surface area contributed by atoms with Crippen molar-refractivity contribution in [1.29, 1.82) is 0 Å². The molecule has 0 fully saturated rings. The van der Waals surface area contributed by atoms with Gasteiger partial charge in [0.1, 0.15) is 0 Å². The van der Waals surface area contributed by atoms with Gasteiger partial charge in [0.15, 0.2) is 17.3 Å². The Morgan fingerprint density at radius 3 is 2.67 bits per heavy atom. The van der Waals surface area contributed by atoms with Gasteiger partial charge in [-0.05, 0) is 26.5 Å². The van der Waals surface area contributed by atoms with Gasteiger partial charge in [-0.25, -0.2) is 0 Å². The number of methoxy groups -OCH3 is 1. The summed E-state index contributed by atoms with van der Waals surface area (Å²) in [6.45, 7) is 7.48. The number of hydrogen-bond donors (Lipinski definition) is 0. The Hall–Kier alpha value is -2.08. The molecule has 2 rings (SSSR count). The number of para-hydroxylation sites is 1. The Balaban J connectivity index is 2.12. The quantitative estimate of drug-likeness (QED) is 0.700. The first-order valence-electron chi connectivity index (χ1n) is 8.39. The van der Waals surface area contributed by atoms with Crippen LogP contribution in [0, 0.1) is 0 Å². The van der Waals surface area contributed by atoms with Crippen molar-refractivity contribution in [3.8, 4) is 11.5 Å². The smallest absolute Gasteiger partial charge is 0.226 e. The third-order valence-electron chi connectivity index (χ3n) is 3.84. The molecule has 24 heavy (non-hydrogen) atoms. The molecule has 0 saturated heterocycles. The summed E-state index contributed by atoms with van der Waals surface area (Å²) in [5.41, 5.74) is 1.08. The number of rotatable bonds is 9. The van der Waals surface area contributed by atoms with Crippen LogP contribution in [0.2, 0.25) is 0 Å². The summed E-state index contributed by atoms with van der Waals surface area (Å²) in [6, 6.07) is 5.97. The van der Waals surface area contributed by atoms with Gasteiger partial charge in [-0.1, -0.05) is 31.1 Å². The van der Waals surface area contributed by atoms with E-state index in [1.54, 1.807) is 7.11 Å². The van der Waals surface area contributed by atoms with Crippen molar-refractivity contribution in [3.05, 3.63) is 35.5 Å². The minimum absolute atomic E-state index is 0.134. The van der Waals surface area contributed by atoms with Crippen LogP contribution < -0.4 is 9.47 Å². The van der Waals surface area contributed by atoms with Crippen LogP contribution in [0.4, 0.5) is 0 Å². The largest absolute Gasteiger partial charge is 0.493 e. The Morgan fingerprint density at radius 1 is 1.25 bits per heavy atom. The molecule has 1 heterocycles. The summed E-state index contributed by atoms with van der Waals surface area (Å²) in [5, 5.41) is 4.00. The summed E-state index contributed by atoms with van der Waals surface area (Å²) in [7, 11) is 3.69. The Kier molecular flexibility index (Phi) is 6.61. The van der Waals surface area contributed by atoms with Crippen LogP contribution in [-0.2, 0) is 19.5 Å². The van der Waals surface area contributed by atoms with E-state index in [2.05, 4.69) is 35.0 Å². The highest BCUT2D eigenvalue weighted by atomic mass is 16.5. The van der Waals surface area contributed by atoms with Gasteiger partial charge in [-0.2, -0.15) is 4.98 Å². The average molecular weight is 333 g/mol. The first-order chi connectivity index (χ1) is 11.6. The van der Waals surface area contributed by atoms with Crippen LogP contribution in [0.15, 0.2) is 22.7 Å². The van der Waals surface area contributed by atoms with Crippen molar-refractivity contribution in [2.45, 2.75) is 52.8 Å². The van der Waals surface area contributed by atoms with Gasteiger partial charge in [-0.15, -0.1) is 0 Å². The second-order valence-electron chi connectivity index (χ2n) is 5.92. The van der Waals surface area contributed by atoms with Gasteiger partial charge in [0.25, 0.3) is 0 Å². The molecule has 6 nitrogen and oxygen atoms in total. The normalized spacial score (nSPS) is 12.4. The molecule has 132 valence electrons. The number of ether oxygens (including phenoxy) is 2. The number of aryl methyl sites for hydroxylation is 1. The predicted molar refractivity (Wildman–Crippen MR) is 92.2 cm³/mol. The first kappa shape index (κ1) is 18.3. The Bertz CT molecular complexity index is 642. The Morgan fingerprint density at radius 2 is 2.04 bits per heavy atom. The van der Waals surface area contributed by atoms with Gasteiger partial charge in [-0.3, -0.25) is 4.90 Å². The fourth-order valence-corrected chi connectivity index (χ4v) is 2.35. The fraction of sp³-hybridized carbons (Fsp3) is 0.556. The van der Waals surface area contributed by atoms with Crippen molar-refractivity contribution in [2.75, 3.05) is 14.2 Å². The molecule has 0 amide bonds. The molecule has 0 N–H and O–H groups in total. The molecule has 1 atom stereocenters. The standard InChI is InChI=1S/C18H27N3O3/c1-6-13(3)23-18-14(9-8-10-15(18)22-5)11-21(4)12-16-19-17(7-2)24-20-16/h8-10,13H,6-7,11-12H2,1-5H3. The minimum atomic E-state index is 0.134. The number of benzene rings is 1. The molecule has 6 heteroatoms. The summed E-state index contributed by atoms with van der Waals surface area (Å²) in [6.07, 6.45) is 1.82. The van der Waals surface area contributed by atoms with Crippen LogP contribution in [0.1, 0.15) is 44.5 Å². The van der Waals surface area contributed by atoms with E-state index in [1.165, 1.54) is 0 Å². The van der Waals surface area contributed by atoms with E-state index in [4.69, 9.17) is 14.0 Å². The third kappa shape index (κ3) is 4.71. The van der Waals surface area contributed by atoms with E-state index in [0.717, 1.165) is 29.9 Å². The summed E-state index contributed by atoms with van der Waals surface area (Å²) < 4.78 is 16.7. The van der Waals surface area contributed by atoms with Crippen LogP contribution >= 0.6 is 0 Å². The summed E-state index contributed by atoms with van der Waals surface area (Å²) in [5.74, 6) is 2.93. The summed E-state index contributed by atoms with van der Waals surface area (Å²) in [4.78, 5) is 6.48. The maximum Gasteiger partial charge on any atom is 0.226 e. The van der Waals surface area contributed by atoms with Gasteiger partial charge >= 0.3 is 0 Å². The molecule has 0 aliphatic heterocycles. The van der Waals surface area contributed by atoms with E-state index in [9.17, 15) is 0 Å². The van der Waals surface area contributed by atoms with Crippen LogP contribution in [0.5, 0.6) is 11.5 Å². The molecule has 0 aliphatic carbocycles. The van der Waals surface area contributed by atoms with Gasteiger partial charge in [0, 0.05) is 18.5 Å². The maximum absolute atomic E-state index is 6.09. The lowest BCUT2D eigenvalue weighted by atomic mass is 10.1. The zero-order valence-corrected chi connectivity index (χ0v) is 15.2. The molecule has 1 aromatic heterocycles. The van der Waals surface area contributed by atoms with Crippen LogP contribution in [0.25, 0.3) is 0 Å². The van der Waals surface area contributed by atoms with E-state index >= 15 is 0 Å². The van der Waals surface area contributed by atoms with Crippen molar-refractivity contribution < 1.29 is 14.0 Å². The minimum Gasteiger partial charge on any atom is -0.493 e. The van der Waals surface area contributed by atoms with E-state index in [1.807, 2.05) is 26.1 Å². The number of hydrogen-bond acceptors (Lipinski definition) is 6. The second-order valence-corrected chi connectivity index (χ2v) is 5.92. The average Bonchev–Trinajstić information content (AvgIpc) is 3.03. The van der Waals surface area contributed by atoms with Gasteiger partial charge in [0.2, 0.25) is 5.89 Å². The summed E-state index contributed by atoms with van der Waals surface area (Å²) >= 11 is 0. The molecule has 1 unspecified atom stereocenters. The number of aromatic nitrogens is 2. The zero-order valence-electron chi connectivity index (χ0n) is 15.2. The predicted octanol–water partition coefficient (Wildman–Crippen LogP) is 3.45. The molecular weight excluding hydrogens is 306 g/mol. The molecule has 0 aliphatic rings. The molecule has 0 saturated carbocycles. The van der Waals surface area contributed by atoms with E-state index in [-0.39, 0.29) is 6.10 Å². The highest BCUT2D eigenvalue weighted by Gasteiger charge is 2.16. The fourth-order valence-electron chi connectivity index (χ4n) is 2.35. The number of nitrogens with zero attached hydrogens (tertiary/aromatic N) is 3. The highest BCUT2D eigenvalue weighted by molar-refractivity contribution is 5.46. The van der Waals surface area contributed by atoms with Crippen LogP contribution in [0.3, 0.4) is 0 Å². The monoisotopic (exact) mass is 333 g/mol. The van der Waals surface area contributed by atoms with Crippen molar-refractivity contribution in [2.24, 2.45) is 0 Å². The molecule has 2 aromatic rings. The van der Waals surface area contributed by atoms with Gasteiger partial charge in [0.05, 0.1) is 19.8 Å². The van der Waals surface area contributed by atoms with E-state index < -0.39 is 0 Å². The van der Waals surface area contributed by atoms with Gasteiger partial charge < -0.3 is 14.0 Å². The molecule has 0 bridgehead atoms. The lowest BCUT2D eigenvalue weighted by Crippen LogP contribution is -2.20. The maximum atomic E-state index is 6.09. The zero-order chi connectivity index (χ0) is 17.5. The molecule has 0 spiro atoms. The van der Waals surface area contributed by atoms with Crippen molar-refractivity contribution in [3.63, 3.8) is 0 Å².